The SMILES string of the molecule is Cc1ccc(C(=O)NCC(=O)OC(C)C(=O)NC2CCCC2)s1. The maximum Gasteiger partial charge on any atom is 0.326 e. The molecule has 1 aromatic heterocycles. The molecule has 1 heterocycles. The summed E-state index contributed by atoms with van der Waals surface area (Å²) in [5.41, 5.74) is 0. The predicted octanol–water partition coefficient (Wildman–Crippen LogP) is 1.78. The molecule has 0 bridgehead atoms. The van der Waals surface area contributed by atoms with Gasteiger partial charge in [-0.2, -0.15) is 0 Å². The third-order valence-corrected chi connectivity index (χ3v) is 4.74. The molecule has 126 valence electrons. The fourth-order valence-electron chi connectivity index (χ4n) is 2.48. The van der Waals surface area contributed by atoms with Gasteiger partial charge in [-0.05, 0) is 38.8 Å². The molecule has 0 radical (unpaired) electrons. The number of hydrogen-bond acceptors (Lipinski definition) is 5. The summed E-state index contributed by atoms with van der Waals surface area (Å²) in [5.74, 6) is -1.23. The number of amides is 2. The van der Waals surface area contributed by atoms with Crippen molar-refractivity contribution in [3.05, 3.63) is 21.9 Å². The number of carbonyl (C=O) groups is 3. The maximum atomic E-state index is 11.9. The van der Waals surface area contributed by atoms with Crippen molar-refractivity contribution in [2.75, 3.05) is 6.54 Å². The fourth-order valence-corrected chi connectivity index (χ4v) is 3.26. The molecule has 2 rings (SSSR count). The Morgan fingerprint density at radius 1 is 1.30 bits per heavy atom. The highest BCUT2D eigenvalue weighted by atomic mass is 32.1. The molecule has 1 atom stereocenters. The molecule has 23 heavy (non-hydrogen) atoms. The lowest BCUT2D eigenvalue weighted by atomic mass is 10.2. The van der Waals surface area contributed by atoms with E-state index >= 15 is 0 Å². The van der Waals surface area contributed by atoms with E-state index in [2.05, 4.69) is 10.6 Å². The van der Waals surface area contributed by atoms with Crippen LogP contribution in [0.2, 0.25) is 0 Å². The molecule has 1 aromatic rings. The van der Waals surface area contributed by atoms with Crippen LogP contribution in [-0.2, 0) is 14.3 Å². The first-order valence-electron chi connectivity index (χ1n) is 7.80. The minimum atomic E-state index is -0.857. The third kappa shape index (κ3) is 5.35. The van der Waals surface area contributed by atoms with Gasteiger partial charge in [-0.25, -0.2) is 0 Å². The van der Waals surface area contributed by atoms with Gasteiger partial charge in [-0.15, -0.1) is 11.3 Å². The van der Waals surface area contributed by atoms with E-state index in [9.17, 15) is 14.4 Å². The number of aryl methyl sites for hydroxylation is 1. The zero-order valence-corrected chi connectivity index (χ0v) is 14.2. The summed E-state index contributed by atoms with van der Waals surface area (Å²) in [5, 5.41) is 5.37. The van der Waals surface area contributed by atoms with Gasteiger partial charge >= 0.3 is 5.97 Å². The van der Waals surface area contributed by atoms with E-state index in [1.165, 1.54) is 18.3 Å². The Morgan fingerprint density at radius 2 is 2.00 bits per heavy atom. The lowest BCUT2D eigenvalue weighted by molar-refractivity contribution is -0.154. The second-order valence-electron chi connectivity index (χ2n) is 5.72. The molecule has 1 aliphatic carbocycles. The van der Waals surface area contributed by atoms with E-state index in [4.69, 9.17) is 4.74 Å². The van der Waals surface area contributed by atoms with Gasteiger partial charge in [-0.1, -0.05) is 12.8 Å². The topological polar surface area (TPSA) is 84.5 Å². The molecule has 0 aromatic carbocycles. The number of esters is 1. The highest BCUT2D eigenvalue weighted by Crippen LogP contribution is 2.17. The Kier molecular flexibility index (Phi) is 6.15. The van der Waals surface area contributed by atoms with E-state index in [-0.39, 0.29) is 24.4 Å². The number of ether oxygens (including phenoxy) is 1. The van der Waals surface area contributed by atoms with Crippen molar-refractivity contribution in [2.45, 2.75) is 51.7 Å². The highest BCUT2D eigenvalue weighted by Gasteiger charge is 2.23. The molecular weight excluding hydrogens is 316 g/mol. The van der Waals surface area contributed by atoms with Crippen molar-refractivity contribution in [1.82, 2.24) is 10.6 Å². The minimum absolute atomic E-state index is 0.186. The van der Waals surface area contributed by atoms with E-state index in [1.807, 2.05) is 13.0 Å². The molecule has 1 saturated carbocycles. The van der Waals surface area contributed by atoms with E-state index < -0.39 is 12.1 Å². The molecule has 1 aliphatic rings. The summed E-state index contributed by atoms with van der Waals surface area (Å²) < 4.78 is 5.05. The number of rotatable bonds is 6. The van der Waals surface area contributed by atoms with E-state index in [0.29, 0.717) is 4.88 Å². The Bertz CT molecular complexity index is 578. The van der Waals surface area contributed by atoms with Crippen LogP contribution in [0, 0.1) is 6.92 Å². The van der Waals surface area contributed by atoms with Crippen LogP contribution >= 0.6 is 11.3 Å². The first kappa shape index (κ1) is 17.5. The highest BCUT2D eigenvalue weighted by molar-refractivity contribution is 7.13. The monoisotopic (exact) mass is 338 g/mol. The molecule has 0 aliphatic heterocycles. The number of carbonyl (C=O) groups excluding carboxylic acids is 3. The average Bonchev–Trinajstić information content (AvgIpc) is 3.16. The largest absolute Gasteiger partial charge is 0.451 e. The molecule has 0 spiro atoms. The predicted molar refractivity (Wildman–Crippen MR) is 87.3 cm³/mol. The molecule has 0 saturated heterocycles. The van der Waals surface area contributed by atoms with Crippen molar-refractivity contribution in [1.29, 1.82) is 0 Å². The minimum Gasteiger partial charge on any atom is -0.451 e. The number of nitrogens with one attached hydrogen (secondary N) is 2. The van der Waals surface area contributed by atoms with Crippen LogP contribution in [0.3, 0.4) is 0 Å². The Hall–Kier alpha value is -1.89. The van der Waals surface area contributed by atoms with Crippen molar-refractivity contribution in [2.24, 2.45) is 0 Å². The van der Waals surface area contributed by atoms with E-state index in [1.54, 1.807) is 6.07 Å². The molecule has 6 nitrogen and oxygen atoms in total. The van der Waals surface area contributed by atoms with Crippen LogP contribution < -0.4 is 10.6 Å². The summed E-state index contributed by atoms with van der Waals surface area (Å²) in [6.45, 7) is 3.18. The van der Waals surface area contributed by atoms with Crippen LogP contribution in [0.15, 0.2) is 12.1 Å². The first-order valence-corrected chi connectivity index (χ1v) is 8.62. The molecule has 2 amide bonds. The van der Waals surface area contributed by atoms with Crippen molar-refractivity contribution >= 4 is 29.1 Å². The second kappa shape index (κ2) is 8.10. The van der Waals surface area contributed by atoms with Gasteiger partial charge in [0.2, 0.25) is 0 Å². The summed E-state index contributed by atoms with van der Waals surface area (Å²) in [7, 11) is 0. The molecule has 2 N–H and O–H groups in total. The molecule has 1 fully saturated rings. The van der Waals surface area contributed by atoms with Gasteiger partial charge in [-0.3, -0.25) is 14.4 Å². The Balaban J connectivity index is 1.70. The summed E-state index contributed by atoms with van der Waals surface area (Å²) in [6, 6.07) is 3.73. The third-order valence-electron chi connectivity index (χ3n) is 3.74. The Labute approximate surface area is 139 Å². The number of thiophene rings is 1. The Morgan fingerprint density at radius 3 is 2.61 bits per heavy atom. The lowest BCUT2D eigenvalue weighted by Gasteiger charge is -2.17. The number of hydrogen-bond donors (Lipinski definition) is 2. The lowest BCUT2D eigenvalue weighted by Crippen LogP contribution is -2.42. The summed E-state index contributed by atoms with van der Waals surface area (Å²) >= 11 is 1.36. The zero-order valence-electron chi connectivity index (χ0n) is 13.4. The summed E-state index contributed by atoms with van der Waals surface area (Å²) in [4.78, 5) is 37.0. The normalized spacial score (nSPS) is 15.9. The molecule has 7 heteroatoms. The van der Waals surface area contributed by atoms with Gasteiger partial charge in [0.25, 0.3) is 11.8 Å². The fraction of sp³-hybridized carbons (Fsp3) is 0.562. The van der Waals surface area contributed by atoms with Gasteiger partial charge in [0.1, 0.15) is 6.54 Å². The van der Waals surface area contributed by atoms with Gasteiger partial charge < -0.3 is 15.4 Å². The zero-order chi connectivity index (χ0) is 16.8. The summed E-state index contributed by atoms with van der Waals surface area (Å²) in [6.07, 6.45) is 3.33. The van der Waals surface area contributed by atoms with Crippen LogP contribution in [0.4, 0.5) is 0 Å². The maximum absolute atomic E-state index is 11.9. The average molecular weight is 338 g/mol. The van der Waals surface area contributed by atoms with Crippen LogP contribution in [0.25, 0.3) is 0 Å². The standard InChI is InChI=1S/C16H22N2O4S/c1-10-7-8-13(23-10)16(21)17-9-14(19)22-11(2)15(20)18-12-5-3-4-6-12/h7-8,11-12H,3-6,9H2,1-2H3,(H,17,21)(H,18,20). The molecule has 1 unspecified atom stereocenters. The van der Waals surface area contributed by atoms with Gasteiger partial charge in [0, 0.05) is 10.9 Å². The van der Waals surface area contributed by atoms with Gasteiger partial charge in [0.15, 0.2) is 6.10 Å². The van der Waals surface area contributed by atoms with Crippen LogP contribution in [-0.4, -0.2) is 36.5 Å². The van der Waals surface area contributed by atoms with Crippen LogP contribution in [0.5, 0.6) is 0 Å². The van der Waals surface area contributed by atoms with Gasteiger partial charge in [0.05, 0.1) is 4.88 Å². The van der Waals surface area contributed by atoms with Crippen molar-refractivity contribution in [3.63, 3.8) is 0 Å². The van der Waals surface area contributed by atoms with Crippen molar-refractivity contribution in [3.8, 4) is 0 Å². The quantitative estimate of drug-likeness (QED) is 0.774. The smallest absolute Gasteiger partial charge is 0.326 e. The second-order valence-corrected chi connectivity index (χ2v) is 7.00. The van der Waals surface area contributed by atoms with E-state index in [0.717, 1.165) is 30.6 Å². The van der Waals surface area contributed by atoms with Crippen molar-refractivity contribution < 1.29 is 19.1 Å². The molecular formula is C16H22N2O4S. The van der Waals surface area contributed by atoms with Crippen LogP contribution in [0.1, 0.15) is 47.2 Å². The first-order chi connectivity index (χ1) is 11.0.